The highest BCUT2D eigenvalue weighted by molar-refractivity contribution is 6.13. The second-order valence-corrected chi connectivity index (χ2v) is 5.90. The Bertz CT molecular complexity index is 303. The monoisotopic (exact) mass is 209 g/mol. The van der Waals surface area contributed by atoms with Crippen LogP contribution in [-0.4, -0.2) is 22.3 Å². The van der Waals surface area contributed by atoms with Crippen molar-refractivity contribution in [3.63, 3.8) is 0 Å². The van der Waals surface area contributed by atoms with Crippen LogP contribution < -0.4 is 0 Å². The molecule has 0 bridgehead atoms. The SMILES string of the molecule is CC(C)(C)CC(C)(C)N1C(=O)C=CC1=O. The number of amides is 2. The van der Waals surface area contributed by atoms with Crippen molar-refractivity contribution in [2.24, 2.45) is 5.41 Å². The molecule has 0 radical (unpaired) electrons. The molecule has 84 valence electrons. The summed E-state index contributed by atoms with van der Waals surface area (Å²) in [5.74, 6) is -0.400. The fourth-order valence-corrected chi connectivity index (χ4v) is 2.37. The van der Waals surface area contributed by atoms with Gasteiger partial charge in [0.15, 0.2) is 0 Å². The van der Waals surface area contributed by atoms with E-state index in [-0.39, 0.29) is 17.2 Å². The Labute approximate surface area is 91.1 Å². The zero-order chi connectivity index (χ0) is 11.9. The van der Waals surface area contributed by atoms with Gasteiger partial charge in [0.05, 0.1) is 0 Å². The molecule has 0 aromatic rings. The molecule has 1 heterocycles. The fraction of sp³-hybridized carbons (Fsp3) is 0.667. The number of carbonyl (C=O) groups excluding carboxylic acids is 2. The minimum Gasteiger partial charge on any atom is -0.270 e. The van der Waals surface area contributed by atoms with Crippen molar-refractivity contribution in [1.29, 1.82) is 0 Å². The lowest BCUT2D eigenvalue weighted by Gasteiger charge is -2.38. The van der Waals surface area contributed by atoms with E-state index in [2.05, 4.69) is 20.8 Å². The van der Waals surface area contributed by atoms with E-state index in [1.165, 1.54) is 17.1 Å². The van der Waals surface area contributed by atoms with E-state index < -0.39 is 5.54 Å². The molecule has 3 nitrogen and oxygen atoms in total. The predicted octanol–water partition coefficient (Wildman–Crippen LogP) is 2.13. The van der Waals surface area contributed by atoms with Gasteiger partial charge in [0.25, 0.3) is 11.8 Å². The van der Waals surface area contributed by atoms with Gasteiger partial charge in [0, 0.05) is 17.7 Å². The normalized spacial score (nSPS) is 17.8. The summed E-state index contributed by atoms with van der Waals surface area (Å²) in [6.07, 6.45) is 3.47. The molecule has 0 spiro atoms. The molecule has 0 aromatic heterocycles. The lowest BCUT2D eigenvalue weighted by molar-refractivity contribution is -0.143. The molecular weight excluding hydrogens is 190 g/mol. The van der Waals surface area contributed by atoms with E-state index in [0.717, 1.165) is 6.42 Å². The average molecular weight is 209 g/mol. The zero-order valence-electron chi connectivity index (χ0n) is 10.1. The Balaban J connectivity index is 2.87. The second-order valence-electron chi connectivity index (χ2n) is 5.90. The molecule has 0 N–H and O–H groups in total. The first kappa shape index (κ1) is 12.0. The molecule has 0 atom stereocenters. The average Bonchev–Trinajstić information content (AvgIpc) is 2.25. The molecular formula is C12H19NO2. The minimum absolute atomic E-state index is 0.0899. The molecule has 0 saturated carbocycles. The maximum Gasteiger partial charge on any atom is 0.254 e. The summed E-state index contributed by atoms with van der Waals surface area (Å²) in [4.78, 5) is 24.4. The summed E-state index contributed by atoms with van der Waals surface area (Å²) in [5, 5.41) is 0. The van der Waals surface area contributed by atoms with Crippen LogP contribution in [0.25, 0.3) is 0 Å². The fourth-order valence-electron chi connectivity index (χ4n) is 2.37. The summed E-state index contributed by atoms with van der Waals surface area (Å²) in [6.45, 7) is 10.2. The van der Waals surface area contributed by atoms with Crippen LogP contribution in [0.1, 0.15) is 41.0 Å². The minimum atomic E-state index is -0.421. The molecule has 1 aliphatic rings. The number of rotatable bonds is 2. The Morgan fingerprint density at radius 1 is 1.00 bits per heavy atom. The van der Waals surface area contributed by atoms with Gasteiger partial charge in [0.2, 0.25) is 0 Å². The van der Waals surface area contributed by atoms with Gasteiger partial charge < -0.3 is 0 Å². The van der Waals surface area contributed by atoms with Gasteiger partial charge in [-0.05, 0) is 25.7 Å². The lowest BCUT2D eigenvalue weighted by atomic mass is 9.81. The van der Waals surface area contributed by atoms with Crippen LogP contribution in [-0.2, 0) is 9.59 Å². The van der Waals surface area contributed by atoms with Crippen molar-refractivity contribution in [2.75, 3.05) is 0 Å². The van der Waals surface area contributed by atoms with Crippen molar-refractivity contribution in [2.45, 2.75) is 46.6 Å². The number of nitrogens with zero attached hydrogens (tertiary/aromatic N) is 1. The summed E-state index contributed by atoms with van der Waals surface area (Å²) in [5.41, 5.74) is -0.331. The van der Waals surface area contributed by atoms with Crippen LogP contribution in [0.4, 0.5) is 0 Å². The van der Waals surface area contributed by atoms with Crippen LogP contribution in [0.5, 0.6) is 0 Å². The van der Waals surface area contributed by atoms with Gasteiger partial charge in [0.1, 0.15) is 0 Å². The summed E-state index contributed by atoms with van der Waals surface area (Å²) in [6, 6.07) is 0. The summed E-state index contributed by atoms with van der Waals surface area (Å²) in [7, 11) is 0. The highest BCUT2D eigenvalue weighted by Gasteiger charge is 2.39. The van der Waals surface area contributed by atoms with Crippen molar-refractivity contribution >= 4 is 11.8 Å². The van der Waals surface area contributed by atoms with Crippen molar-refractivity contribution in [1.82, 2.24) is 4.90 Å². The maximum absolute atomic E-state index is 11.5. The number of hydrogen-bond acceptors (Lipinski definition) is 2. The second kappa shape index (κ2) is 3.47. The smallest absolute Gasteiger partial charge is 0.254 e. The summed E-state index contributed by atoms with van der Waals surface area (Å²) < 4.78 is 0. The van der Waals surface area contributed by atoms with E-state index in [9.17, 15) is 9.59 Å². The Morgan fingerprint density at radius 2 is 1.40 bits per heavy atom. The molecule has 15 heavy (non-hydrogen) atoms. The van der Waals surface area contributed by atoms with Gasteiger partial charge in [-0.2, -0.15) is 0 Å². The Hall–Kier alpha value is -1.12. The highest BCUT2D eigenvalue weighted by Crippen LogP contribution is 2.32. The van der Waals surface area contributed by atoms with Gasteiger partial charge in [-0.25, -0.2) is 0 Å². The number of carbonyl (C=O) groups is 2. The molecule has 0 unspecified atom stereocenters. The number of imide groups is 1. The van der Waals surface area contributed by atoms with E-state index >= 15 is 0 Å². The molecule has 0 aromatic carbocycles. The maximum atomic E-state index is 11.5. The third-order valence-electron chi connectivity index (χ3n) is 2.38. The van der Waals surface area contributed by atoms with Gasteiger partial charge in [-0.15, -0.1) is 0 Å². The van der Waals surface area contributed by atoms with Crippen LogP contribution in [0.3, 0.4) is 0 Å². The van der Waals surface area contributed by atoms with Crippen molar-refractivity contribution < 1.29 is 9.59 Å². The van der Waals surface area contributed by atoms with E-state index in [4.69, 9.17) is 0 Å². The van der Waals surface area contributed by atoms with E-state index in [1.54, 1.807) is 0 Å². The van der Waals surface area contributed by atoms with Crippen LogP contribution >= 0.6 is 0 Å². The largest absolute Gasteiger partial charge is 0.270 e. The first-order valence-corrected chi connectivity index (χ1v) is 5.20. The highest BCUT2D eigenvalue weighted by atomic mass is 16.2. The predicted molar refractivity (Wildman–Crippen MR) is 59.1 cm³/mol. The summed E-state index contributed by atoms with van der Waals surface area (Å²) >= 11 is 0. The molecule has 2 amide bonds. The van der Waals surface area contributed by atoms with Crippen molar-refractivity contribution in [3.8, 4) is 0 Å². The standard InChI is InChI=1S/C12H19NO2/c1-11(2,3)8-12(4,5)13-9(14)6-7-10(13)15/h6-7H,8H2,1-5H3. The third kappa shape index (κ3) is 2.67. The third-order valence-corrected chi connectivity index (χ3v) is 2.38. The van der Waals surface area contributed by atoms with Crippen molar-refractivity contribution in [3.05, 3.63) is 12.2 Å². The van der Waals surface area contributed by atoms with E-state index in [0.29, 0.717) is 0 Å². The first-order chi connectivity index (χ1) is 6.63. The topological polar surface area (TPSA) is 37.4 Å². The zero-order valence-corrected chi connectivity index (χ0v) is 10.1. The van der Waals surface area contributed by atoms with Crippen LogP contribution in [0.2, 0.25) is 0 Å². The molecule has 0 aliphatic carbocycles. The molecule has 0 fully saturated rings. The molecule has 3 heteroatoms. The number of hydrogen-bond donors (Lipinski definition) is 0. The van der Waals surface area contributed by atoms with Gasteiger partial charge in [-0.1, -0.05) is 20.8 Å². The molecule has 0 saturated heterocycles. The van der Waals surface area contributed by atoms with Crippen LogP contribution in [0.15, 0.2) is 12.2 Å². The quantitative estimate of drug-likeness (QED) is 0.653. The Morgan fingerprint density at radius 3 is 1.73 bits per heavy atom. The van der Waals surface area contributed by atoms with Gasteiger partial charge in [-0.3, -0.25) is 14.5 Å². The van der Waals surface area contributed by atoms with E-state index in [1.807, 2.05) is 13.8 Å². The van der Waals surface area contributed by atoms with Gasteiger partial charge >= 0.3 is 0 Å². The molecule has 1 rings (SSSR count). The first-order valence-electron chi connectivity index (χ1n) is 5.20. The Kier molecular flexibility index (Phi) is 2.77. The lowest BCUT2D eigenvalue weighted by Crippen LogP contribution is -2.49. The molecule has 1 aliphatic heterocycles. The van der Waals surface area contributed by atoms with Crippen LogP contribution in [0, 0.1) is 5.41 Å².